The Labute approximate surface area is 100 Å². The Morgan fingerprint density at radius 2 is 2.27 bits per heavy atom. The Kier molecular flexibility index (Phi) is 6.56. The fourth-order valence-electron chi connectivity index (χ4n) is 1.15. The van der Waals surface area contributed by atoms with Crippen LogP contribution in [0.5, 0.6) is 0 Å². The van der Waals surface area contributed by atoms with E-state index < -0.39 is 0 Å². The molecule has 1 unspecified atom stereocenters. The molecule has 0 radical (unpaired) electrons. The second-order valence-electron chi connectivity index (χ2n) is 3.06. The van der Waals surface area contributed by atoms with Gasteiger partial charge in [-0.25, -0.2) is 0 Å². The van der Waals surface area contributed by atoms with Crippen molar-refractivity contribution in [3.05, 3.63) is 21.9 Å². The summed E-state index contributed by atoms with van der Waals surface area (Å²) in [7, 11) is 0. The number of aryl methyl sites for hydroxylation is 1. The van der Waals surface area contributed by atoms with Crippen molar-refractivity contribution in [1.82, 2.24) is 0 Å². The minimum atomic E-state index is -0.231. The average Bonchev–Trinajstić information content (AvgIpc) is 2.52. The predicted octanol–water partition coefficient (Wildman–Crippen LogP) is 2.43. The van der Waals surface area contributed by atoms with Gasteiger partial charge in [-0.15, -0.1) is 23.7 Å². The summed E-state index contributed by atoms with van der Waals surface area (Å²) in [5, 5.41) is 0. The van der Waals surface area contributed by atoms with Crippen LogP contribution in [0.25, 0.3) is 0 Å². The SMILES string of the molecule is CCOC(=O)CC(N)c1ccc(C)s1.Cl. The quantitative estimate of drug-likeness (QED) is 0.834. The molecular formula is C10H16ClNO2S. The molecule has 1 aromatic rings. The summed E-state index contributed by atoms with van der Waals surface area (Å²) in [6.45, 7) is 4.22. The molecule has 86 valence electrons. The summed E-state index contributed by atoms with van der Waals surface area (Å²) in [5.41, 5.74) is 5.85. The highest BCUT2D eigenvalue weighted by Gasteiger charge is 2.13. The Morgan fingerprint density at radius 3 is 2.73 bits per heavy atom. The van der Waals surface area contributed by atoms with E-state index >= 15 is 0 Å². The maximum atomic E-state index is 11.1. The lowest BCUT2D eigenvalue weighted by atomic mass is 10.2. The topological polar surface area (TPSA) is 52.3 Å². The first-order valence-electron chi connectivity index (χ1n) is 4.61. The van der Waals surface area contributed by atoms with Crippen molar-refractivity contribution < 1.29 is 9.53 Å². The largest absolute Gasteiger partial charge is 0.466 e. The van der Waals surface area contributed by atoms with Crippen LogP contribution in [-0.2, 0) is 9.53 Å². The van der Waals surface area contributed by atoms with E-state index in [1.165, 1.54) is 4.88 Å². The van der Waals surface area contributed by atoms with Crippen molar-refractivity contribution in [2.45, 2.75) is 26.3 Å². The second kappa shape index (κ2) is 6.82. The maximum Gasteiger partial charge on any atom is 0.307 e. The fraction of sp³-hybridized carbons (Fsp3) is 0.500. The number of carbonyl (C=O) groups is 1. The summed E-state index contributed by atoms with van der Waals surface area (Å²) in [6.07, 6.45) is 0.258. The Bertz CT molecular complexity index is 314. The van der Waals surface area contributed by atoms with Crippen LogP contribution in [0.2, 0.25) is 0 Å². The molecule has 1 rings (SSSR count). The van der Waals surface area contributed by atoms with Gasteiger partial charge in [-0.1, -0.05) is 0 Å². The molecule has 0 aliphatic heterocycles. The van der Waals surface area contributed by atoms with Gasteiger partial charge in [-0.05, 0) is 26.0 Å². The Morgan fingerprint density at radius 1 is 1.60 bits per heavy atom. The zero-order chi connectivity index (χ0) is 10.6. The molecule has 0 saturated heterocycles. The Balaban J connectivity index is 0.00000196. The number of esters is 1. The van der Waals surface area contributed by atoms with Gasteiger partial charge >= 0.3 is 5.97 Å². The molecule has 0 saturated carbocycles. The van der Waals surface area contributed by atoms with Gasteiger partial charge in [0.2, 0.25) is 0 Å². The maximum absolute atomic E-state index is 11.1. The number of hydrogen-bond donors (Lipinski definition) is 1. The van der Waals surface area contributed by atoms with Gasteiger partial charge in [0.25, 0.3) is 0 Å². The first kappa shape index (κ1) is 14.4. The lowest BCUT2D eigenvalue weighted by molar-refractivity contribution is -0.143. The van der Waals surface area contributed by atoms with E-state index in [1.807, 2.05) is 19.1 Å². The van der Waals surface area contributed by atoms with Crippen molar-refractivity contribution in [2.24, 2.45) is 5.73 Å². The minimum absolute atomic E-state index is 0. The molecule has 1 heterocycles. The molecule has 5 heteroatoms. The van der Waals surface area contributed by atoms with E-state index in [2.05, 4.69) is 0 Å². The van der Waals surface area contributed by atoms with Crippen molar-refractivity contribution in [3.63, 3.8) is 0 Å². The number of carbonyl (C=O) groups excluding carboxylic acids is 1. The van der Waals surface area contributed by atoms with Crippen LogP contribution in [0.4, 0.5) is 0 Å². The fourth-order valence-corrected chi connectivity index (χ4v) is 2.03. The summed E-state index contributed by atoms with van der Waals surface area (Å²) >= 11 is 1.62. The van der Waals surface area contributed by atoms with Gasteiger partial charge in [-0.3, -0.25) is 4.79 Å². The van der Waals surface area contributed by atoms with Gasteiger partial charge in [0.1, 0.15) is 0 Å². The van der Waals surface area contributed by atoms with Crippen LogP contribution in [0.3, 0.4) is 0 Å². The van der Waals surface area contributed by atoms with Gasteiger partial charge < -0.3 is 10.5 Å². The van der Waals surface area contributed by atoms with Crippen LogP contribution in [0.1, 0.15) is 29.1 Å². The molecular weight excluding hydrogens is 234 g/mol. The molecule has 15 heavy (non-hydrogen) atoms. The number of nitrogens with two attached hydrogens (primary N) is 1. The van der Waals surface area contributed by atoms with E-state index in [-0.39, 0.29) is 30.8 Å². The first-order chi connectivity index (χ1) is 6.63. The molecule has 0 fully saturated rings. The van der Waals surface area contributed by atoms with Gasteiger partial charge in [0.15, 0.2) is 0 Å². The smallest absolute Gasteiger partial charge is 0.307 e. The predicted molar refractivity (Wildman–Crippen MR) is 64.5 cm³/mol. The van der Waals surface area contributed by atoms with E-state index in [0.29, 0.717) is 6.61 Å². The lowest BCUT2D eigenvalue weighted by Crippen LogP contribution is -2.16. The molecule has 0 aliphatic rings. The molecule has 0 spiro atoms. The summed E-state index contributed by atoms with van der Waals surface area (Å²) in [4.78, 5) is 13.4. The summed E-state index contributed by atoms with van der Waals surface area (Å²) in [6, 6.07) is 3.74. The second-order valence-corrected chi connectivity index (χ2v) is 4.38. The van der Waals surface area contributed by atoms with Gasteiger partial charge in [0.05, 0.1) is 13.0 Å². The lowest BCUT2D eigenvalue weighted by Gasteiger charge is -2.08. The summed E-state index contributed by atoms with van der Waals surface area (Å²) < 4.78 is 4.83. The molecule has 3 nitrogen and oxygen atoms in total. The van der Waals surface area contributed by atoms with Crippen LogP contribution in [-0.4, -0.2) is 12.6 Å². The third-order valence-corrected chi connectivity index (χ3v) is 2.95. The average molecular weight is 250 g/mol. The highest BCUT2D eigenvalue weighted by Crippen LogP contribution is 2.23. The van der Waals surface area contributed by atoms with E-state index in [9.17, 15) is 4.79 Å². The zero-order valence-electron chi connectivity index (χ0n) is 8.86. The number of hydrogen-bond acceptors (Lipinski definition) is 4. The zero-order valence-corrected chi connectivity index (χ0v) is 10.5. The van der Waals surface area contributed by atoms with E-state index in [4.69, 9.17) is 10.5 Å². The van der Waals surface area contributed by atoms with Crippen molar-refractivity contribution in [2.75, 3.05) is 6.61 Å². The molecule has 0 amide bonds. The number of thiophene rings is 1. The van der Waals surface area contributed by atoms with Crippen LogP contribution < -0.4 is 5.73 Å². The monoisotopic (exact) mass is 249 g/mol. The minimum Gasteiger partial charge on any atom is -0.466 e. The Hall–Kier alpha value is -0.580. The standard InChI is InChI=1S/C10H15NO2S.ClH/c1-3-13-10(12)6-8(11)9-5-4-7(2)14-9;/h4-5,8H,3,6,11H2,1-2H3;1H. The molecule has 1 atom stereocenters. The molecule has 0 aromatic carbocycles. The van der Waals surface area contributed by atoms with E-state index in [0.717, 1.165) is 4.88 Å². The summed E-state index contributed by atoms with van der Waals surface area (Å²) in [5.74, 6) is -0.231. The molecule has 0 bridgehead atoms. The van der Waals surface area contributed by atoms with Gasteiger partial charge in [0, 0.05) is 15.8 Å². The van der Waals surface area contributed by atoms with Crippen molar-refractivity contribution in [1.29, 1.82) is 0 Å². The third kappa shape index (κ3) is 4.64. The number of halogens is 1. The van der Waals surface area contributed by atoms with Crippen molar-refractivity contribution >= 4 is 29.7 Å². The first-order valence-corrected chi connectivity index (χ1v) is 5.42. The highest BCUT2D eigenvalue weighted by molar-refractivity contribution is 7.12. The van der Waals surface area contributed by atoms with Crippen LogP contribution in [0.15, 0.2) is 12.1 Å². The molecule has 0 aliphatic carbocycles. The number of rotatable bonds is 4. The molecule has 2 N–H and O–H groups in total. The van der Waals surface area contributed by atoms with Crippen molar-refractivity contribution in [3.8, 4) is 0 Å². The molecule has 1 aromatic heterocycles. The van der Waals surface area contributed by atoms with Crippen LogP contribution in [0, 0.1) is 6.92 Å². The van der Waals surface area contributed by atoms with Crippen LogP contribution >= 0.6 is 23.7 Å². The third-order valence-electron chi connectivity index (χ3n) is 1.82. The highest BCUT2D eigenvalue weighted by atomic mass is 35.5. The normalized spacial score (nSPS) is 11.7. The number of ether oxygens (including phenoxy) is 1. The van der Waals surface area contributed by atoms with E-state index in [1.54, 1.807) is 18.3 Å². The van der Waals surface area contributed by atoms with Gasteiger partial charge in [-0.2, -0.15) is 0 Å².